The molecule has 138 valence electrons. The largest absolute Gasteiger partial charge is 0.477 e. The third kappa shape index (κ3) is 3.07. The van der Waals surface area contributed by atoms with Gasteiger partial charge in [0.25, 0.3) is 0 Å². The number of halogens is 2. The van der Waals surface area contributed by atoms with Crippen LogP contribution in [0.5, 0.6) is 0 Å². The number of carbonyl (C=O) groups is 2. The van der Waals surface area contributed by atoms with Crippen LogP contribution in [0, 0.1) is 0 Å². The second kappa shape index (κ2) is 7.15. The van der Waals surface area contributed by atoms with Crippen molar-refractivity contribution in [3.63, 3.8) is 0 Å². The van der Waals surface area contributed by atoms with Crippen LogP contribution < -0.4 is 0 Å². The Morgan fingerprint density at radius 1 is 0.821 bits per heavy atom. The minimum absolute atomic E-state index is 0.117. The van der Waals surface area contributed by atoms with Crippen molar-refractivity contribution in [2.24, 2.45) is 0 Å². The van der Waals surface area contributed by atoms with Crippen LogP contribution in [0.25, 0.3) is 16.6 Å². The standard InChI is InChI=1S/C22H13Cl2NO3/c23-14-6-9-16(10-7-14)25-18-12-15(24)8-11-17(18)19(20(25)22(27)28)21(26)13-4-2-1-3-5-13/h1-12H,(H,27,28). The Labute approximate surface area is 170 Å². The van der Waals surface area contributed by atoms with Crippen molar-refractivity contribution in [1.29, 1.82) is 0 Å². The predicted octanol–water partition coefficient (Wildman–Crippen LogP) is 5.87. The molecule has 0 unspecified atom stereocenters. The van der Waals surface area contributed by atoms with Crippen molar-refractivity contribution in [2.45, 2.75) is 0 Å². The van der Waals surface area contributed by atoms with Gasteiger partial charge in [-0.2, -0.15) is 0 Å². The molecule has 4 aromatic rings. The van der Waals surface area contributed by atoms with Crippen LogP contribution in [-0.4, -0.2) is 21.4 Å². The van der Waals surface area contributed by atoms with E-state index in [0.717, 1.165) is 0 Å². The molecule has 1 heterocycles. The van der Waals surface area contributed by atoms with Crippen molar-refractivity contribution in [2.75, 3.05) is 0 Å². The summed E-state index contributed by atoms with van der Waals surface area (Å²) in [5, 5.41) is 11.5. The van der Waals surface area contributed by atoms with E-state index in [0.29, 0.717) is 32.2 Å². The van der Waals surface area contributed by atoms with Crippen molar-refractivity contribution in [3.8, 4) is 5.69 Å². The van der Waals surface area contributed by atoms with Crippen LogP contribution in [0.2, 0.25) is 10.0 Å². The summed E-state index contributed by atoms with van der Waals surface area (Å²) >= 11 is 12.2. The number of hydrogen-bond acceptors (Lipinski definition) is 2. The Balaban J connectivity index is 2.10. The summed E-state index contributed by atoms with van der Waals surface area (Å²) in [7, 11) is 0. The summed E-state index contributed by atoms with van der Waals surface area (Å²) in [4.78, 5) is 25.5. The van der Waals surface area contributed by atoms with E-state index in [1.54, 1.807) is 72.8 Å². The number of hydrogen-bond donors (Lipinski definition) is 1. The van der Waals surface area contributed by atoms with Gasteiger partial charge in [0.1, 0.15) is 5.69 Å². The number of aromatic carboxylic acids is 1. The number of carbonyl (C=O) groups excluding carboxylic acids is 1. The molecule has 0 saturated heterocycles. The third-order valence-electron chi connectivity index (χ3n) is 4.48. The highest BCUT2D eigenvalue weighted by Gasteiger charge is 2.28. The van der Waals surface area contributed by atoms with Gasteiger partial charge in [0, 0.05) is 26.7 Å². The summed E-state index contributed by atoms with van der Waals surface area (Å²) in [6.45, 7) is 0. The van der Waals surface area contributed by atoms with E-state index in [4.69, 9.17) is 23.2 Å². The molecule has 1 aromatic heterocycles. The van der Waals surface area contributed by atoms with Gasteiger partial charge in [0.15, 0.2) is 5.78 Å². The first-order chi connectivity index (χ1) is 13.5. The van der Waals surface area contributed by atoms with E-state index in [1.807, 2.05) is 0 Å². The number of rotatable bonds is 4. The molecule has 28 heavy (non-hydrogen) atoms. The van der Waals surface area contributed by atoms with Crippen LogP contribution in [0.3, 0.4) is 0 Å². The summed E-state index contributed by atoms with van der Waals surface area (Å²) in [5.41, 5.74) is 1.52. The Hall–Kier alpha value is -3.08. The SMILES string of the molecule is O=C(c1ccccc1)c1c(C(=O)O)n(-c2ccc(Cl)cc2)c2cc(Cl)ccc12. The molecule has 6 heteroatoms. The second-order valence-electron chi connectivity index (χ2n) is 6.20. The first-order valence-electron chi connectivity index (χ1n) is 8.40. The number of carboxylic acids is 1. The molecule has 4 rings (SSSR count). The van der Waals surface area contributed by atoms with Gasteiger partial charge >= 0.3 is 5.97 Å². The highest BCUT2D eigenvalue weighted by atomic mass is 35.5. The average Bonchev–Trinajstić information content (AvgIpc) is 3.03. The fourth-order valence-electron chi connectivity index (χ4n) is 3.29. The number of fused-ring (bicyclic) bond motifs is 1. The highest BCUT2D eigenvalue weighted by molar-refractivity contribution is 6.32. The van der Waals surface area contributed by atoms with Crippen molar-refractivity contribution < 1.29 is 14.7 Å². The van der Waals surface area contributed by atoms with Gasteiger partial charge in [-0.25, -0.2) is 4.79 Å². The summed E-state index contributed by atoms with van der Waals surface area (Å²) in [6, 6.07) is 20.3. The zero-order chi connectivity index (χ0) is 19.8. The van der Waals surface area contributed by atoms with E-state index in [2.05, 4.69) is 0 Å². The molecule has 1 N–H and O–H groups in total. The lowest BCUT2D eigenvalue weighted by molar-refractivity contribution is 0.0684. The Morgan fingerprint density at radius 2 is 1.46 bits per heavy atom. The molecule has 0 amide bonds. The average molecular weight is 410 g/mol. The Bertz CT molecular complexity index is 1210. The number of benzene rings is 3. The lowest BCUT2D eigenvalue weighted by Gasteiger charge is -2.09. The van der Waals surface area contributed by atoms with Gasteiger partial charge in [-0.1, -0.05) is 59.6 Å². The topological polar surface area (TPSA) is 59.3 Å². The van der Waals surface area contributed by atoms with Gasteiger partial charge in [-0.15, -0.1) is 0 Å². The molecular formula is C22H13Cl2NO3. The zero-order valence-corrected chi connectivity index (χ0v) is 15.9. The van der Waals surface area contributed by atoms with E-state index in [-0.39, 0.29) is 17.0 Å². The summed E-state index contributed by atoms with van der Waals surface area (Å²) in [5.74, 6) is -1.57. The van der Waals surface area contributed by atoms with Crippen molar-refractivity contribution in [3.05, 3.63) is 99.7 Å². The molecule has 0 fully saturated rings. The van der Waals surface area contributed by atoms with E-state index >= 15 is 0 Å². The highest BCUT2D eigenvalue weighted by Crippen LogP contribution is 2.33. The van der Waals surface area contributed by atoms with E-state index in [1.165, 1.54) is 4.57 Å². The molecule has 0 radical (unpaired) electrons. The summed E-state index contributed by atoms with van der Waals surface area (Å²) < 4.78 is 1.52. The maximum Gasteiger partial charge on any atom is 0.353 e. The number of nitrogens with zero attached hydrogens (tertiary/aromatic N) is 1. The molecular weight excluding hydrogens is 397 g/mol. The van der Waals surface area contributed by atoms with Crippen LogP contribution in [0.4, 0.5) is 0 Å². The van der Waals surface area contributed by atoms with Gasteiger partial charge < -0.3 is 9.67 Å². The zero-order valence-electron chi connectivity index (χ0n) is 14.4. The van der Waals surface area contributed by atoms with Crippen LogP contribution in [-0.2, 0) is 0 Å². The monoisotopic (exact) mass is 409 g/mol. The second-order valence-corrected chi connectivity index (χ2v) is 7.07. The minimum Gasteiger partial charge on any atom is -0.477 e. The molecule has 0 bridgehead atoms. The number of carboxylic acid groups (broad SMARTS) is 1. The fourth-order valence-corrected chi connectivity index (χ4v) is 3.58. The molecule has 0 saturated carbocycles. The normalized spacial score (nSPS) is 10.9. The van der Waals surface area contributed by atoms with E-state index < -0.39 is 5.97 Å². The fraction of sp³-hybridized carbons (Fsp3) is 0. The molecule has 4 nitrogen and oxygen atoms in total. The van der Waals surface area contributed by atoms with Crippen LogP contribution in [0.1, 0.15) is 26.4 Å². The van der Waals surface area contributed by atoms with Crippen LogP contribution >= 0.6 is 23.2 Å². The quantitative estimate of drug-likeness (QED) is 0.429. The third-order valence-corrected chi connectivity index (χ3v) is 4.97. The molecule has 0 spiro atoms. The van der Waals surface area contributed by atoms with Gasteiger partial charge in [-0.3, -0.25) is 4.79 Å². The maximum absolute atomic E-state index is 13.2. The van der Waals surface area contributed by atoms with Gasteiger partial charge in [0.05, 0.1) is 11.1 Å². The maximum atomic E-state index is 13.2. The van der Waals surface area contributed by atoms with Crippen molar-refractivity contribution >= 4 is 45.9 Å². The van der Waals surface area contributed by atoms with Gasteiger partial charge in [-0.05, 0) is 36.4 Å². The lowest BCUT2D eigenvalue weighted by atomic mass is 10.00. The molecule has 0 aliphatic heterocycles. The molecule has 3 aromatic carbocycles. The molecule has 0 aliphatic carbocycles. The summed E-state index contributed by atoms with van der Waals surface area (Å²) in [6.07, 6.45) is 0. The van der Waals surface area contributed by atoms with E-state index in [9.17, 15) is 14.7 Å². The van der Waals surface area contributed by atoms with Gasteiger partial charge in [0.2, 0.25) is 0 Å². The minimum atomic E-state index is -1.21. The number of aromatic nitrogens is 1. The first kappa shape index (κ1) is 18.3. The van der Waals surface area contributed by atoms with Crippen LogP contribution in [0.15, 0.2) is 72.8 Å². The molecule has 0 aliphatic rings. The Morgan fingerprint density at radius 3 is 2.11 bits per heavy atom. The Kier molecular flexibility index (Phi) is 4.67. The lowest BCUT2D eigenvalue weighted by Crippen LogP contribution is -2.12. The first-order valence-corrected chi connectivity index (χ1v) is 9.16. The smallest absolute Gasteiger partial charge is 0.353 e. The number of ketones is 1. The predicted molar refractivity (Wildman–Crippen MR) is 110 cm³/mol. The van der Waals surface area contributed by atoms with Crippen molar-refractivity contribution in [1.82, 2.24) is 4.57 Å². The molecule has 0 atom stereocenters.